The molecule has 0 aromatic heterocycles. The van der Waals surface area contributed by atoms with E-state index in [1.54, 1.807) is 6.08 Å². The maximum atomic E-state index is 10.7. The summed E-state index contributed by atoms with van der Waals surface area (Å²) >= 11 is 0.796. The van der Waals surface area contributed by atoms with Gasteiger partial charge in [0.1, 0.15) is 12.0 Å². The highest BCUT2D eigenvalue weighted by atomic mass is 32.2. The fourth-order valence-corrected chi connectivity index (χ4v) is 4.38. The number of rotatable bonds is 13. The first-order chi connectivity index (χ1) is 20.9. The van der Waals surface area contributed by atoms with Crippen LogP contribution in [0, 0.1) is 12.8 Å². The summed E-state index contributed by atoms with van der Waals surface area (Å²) in [5, 5.41) is 10.1. The van der Waals surface area contributed by atoms with Crippen molar-refractivity contribution in [3.05, 3.63) is 89.4 Å². The third-order valence-corrected chi connectivity index (χ3v) is 6.62. The topological polar surface area (TPSA) is 78.9 Å². The number of aldehydes is 1. The van der Waals surface area contributed by atoms with E-state index in [0.717, 1.165) is 62.6 Å². The number of carbonyl (C=O) groups excluding carboxylic acids is 1. The summed E-state index contributed by atoms with van der Waals surface area (Å²) in [6, 6.07) is 4.54. The number of carboxylic acid groups (broad SMARTS) is 1. The molecule has 0 amide bonds. The van der Waals surface area contributed by atoms with Gasteiger partial charge < -0.3 is 24.9 Å². The Kier molecular flexibility index (Phi) is 26.7. The van der Waals surface area contributed by atoms with E-state index in [4.69, 9.17) is 9.84 Å². The molecular formula is C37H60N2O4S. The van der Waals surface area contributed by atoms with E-state index in [9.17, 15) is 9.59 Å². The predicted molar refractivity (Wildman–Crippen MR) is 194 cm³/mol. The van der Waals surface area contributed by atoms with Crippen molar-refractivity contribution in [3.63, 3.8) is 0 Å². The van der Waals surface area contributed by atoms with Gasteiger partial charge in [-0.05, 0) is 99.7 Å². The number of thioether (sulfide) groups is 1. The van der Waals surface area contributed by atoms with Gasteiger partial charge in [0.15, 0.2) is 0 Å². The first-order valence-electron chi connectivity index (χ1n) is 15.6. The molecule has 0 saturated carbocycles. The predicted octanol–water partition coefficient (Wildman–Crippen LogP) is 10.0. The lowest BCUT2D eigenvalue weighted by Crippen LogP contribution is -2.21. The summed E-state index contributed by atoms with van der Waals surface area (Å²) in [4.78, 5) is 22.2. The van der Waals surface area contributed by atoms with Crippen LogP contribution in [0.2, 0.25) is 0 Å². The SMILES string of the molecule is C=C(C)C.C=C\C=C(/C=C\C=C1/CC(C)CN1CC=O)OCCCCC.CCc1cc(C)cc(CC)c1NC.CSC(=O)O. The molecule has 1 aromatic carbocycles. The summed E-state index contributed by atoms with van der Waals surface area (Å²) in [6.45, 7) is 24.4. The average Bonchev–Trinajstić information content (AvgIpc) is 3.33. The molecule has 6 nitrogen and oxygen atoms in total. The number of anilines is 1. The number of hydrogen-bond acceptors (Lipinski definition) is 6. The molecule has 1 fully saturated rings. The Bertz CT molecular complexity index is 1050. The van der Waals surface area contributed by atoms with Crippen LogP contribution in [0.25, 0.3) is 0 Å². The lowest BCUT2D eigenvalue weighted by Gasteiger charge is -2.16. The van der Waals surface area contributed by atoms with E-state index in [1.165, 1.54) is 52.7 Å². The minimum absolute atomic E-state index is 0.479. The molecule has 248 valence electrons. The van der Waals surface area contributed by atoms with Crippen LogP contribution < -0.4 is 5.32 Å². The Morgan fingerprint density at radius 1 is 1.18 bits per heavy atom. The Hall–Kier alpha value is -3.19. The number of unbranched alkanes of at least 4 members (excludes halogenated alkanes) is 2. The molecule has 0 radical (unpaired) electrons. The van der Waals surface area contributed by atoms with E-state index >= 15 is 0 Å². The summed E-state index contributed by atoms with van der Waals surface area (Å²) in [5.41, 5.74) is 7.95. The smallest absolute Gasteiger partial charge is 0.364 e. The van der Waals surface area contributed by atoms with E-state index in [1.807, 2.05) is 39.1 Å². The molecule has 1 aromatic rings. The van der Waals surface area contributed by atoms with Gasteiger partial charge in [0.25, 0.3) is 0 Å². The normalized spacial score (nSPS) is 14.8. The van der Waals surface area contributed by atoms with Crippen molar-refractivity contribution in [2.45, 2.75) is 87.0 Å². The number of nitrogens with zero attached hydrogens (tertiary/aromatic N) is 1. The Balaban J connectivity index is 0. The number of hydrogen-bond donors (Lipinski definition) is 2. The van der Waals surface area contributed by atoms with E-state index < -0.39 is 5.30 Å². The molecule has 0 spiro atoms. The van der Waals surface area contributed by atoms with Crippen molar-refractivity contribution in [1.82, 2.24) is 4.90 Å². The van der Waals surface area contributed by atoms with Gasteiger partial charge in [-0.2, -0.15) is 0 Å². The third kappa shape index (κ3) is 21.5. The molecule has 1 aliphatic rings. The van der Waals surface area contributed by atoms with Gasteiger partial charge in [0, 0.05) is 25.0 Å². The van der Waals surface area contributed by atoms with Crippen LogP contribution >= 0.6 is 11.8 Å². The number of ether oxygens (including phenoxy) is 1. The van der Waals surface area contributed by atoms with Crippen molar-refractivity contribution >= 4 is 29.0 Å². The second-order valence-corrected chi connectivity index (χ2v) is 11.6. The molecule has 0 aliphatic carbocycles. The molecule has 1 heterocycles. The van der Waals surface area contributed by atoms with Crippen LogP contribution in [-0.2, 0) is 22.4 Å². The molecule has 2 N–H and O–H groups in total. The zero-order valence-electron chi connectivity index (χ0n) is 29.0. The number of likely N-dealkylation sites (tertiary alicyclic amines) is 1. The number of allylic oxidation sites excluding steroid dienone is 7. The van der Waals surface area contributed by atoms with Crippen molar-refractivity contribution in [3.8, 4) is 0 Å². The highest BCUT2D eigenvalue weighted by Crippen LogP contribution is 2.26. The Morgan fingerprint density at radius 2 is 1.75 bits per heavy atom. The molecule has 1 aliphatic heterocycles. The lowest BCUT2D eigenvalue weighted by molar-refractivity contribution is -0.108. The van der Waals surface area contributed by atoms with Crippen LogP contribution in [-0.4, -0.2) is 54.6 Å². The van der Waals surface area contributed by atoms with Crippen LogP contribution in [0.3, 0.4) is 0 Å². The van der Waals surface area contributed by atoms with Crippen LogP contribution in [0.15, 0.2) is 72.7 Å². The standard InChI is InChI=1S/C19H29NO2.C12H19N.C4H8.C2H4O2S/c1-4-6-7-14-22-19(9-5-2)11-8-10-18-15-17(3)16-20(18)12-13-21;1-5-10-7-9(3)8-11(6-2)12(10)13-4;1-4(2)3;1-5-2(3)4/h5,8-11,13,17H,2,4,6-7,12,14-16H2,1,3H3;7-8,13H,5-6H2,1-4H3;1H2,2-3H3;1H3,(H,3,4)/b11-8-,18-10+,19-9+;;;. The van der Waals surface area contributed by atoms with Gasteiger partial charge in [-0.3, -0.25) is 0 Å². The van der Waals surface area contributed by atoms with Crippen LogP contribution in [0.5, 0.6) is 0 Å². The number of aryl methyl sites for hydroxylation is 3. The minimum Gasteiger partial charge on any atom is -0.494 e. The average molecular weight is 629 g/mol. The third-order valence-electron chi connectivity index (χ3n) is 6.27. The lowest BCUT2D eigenvalue weighted by atomic mass is 10.00. The quantitative estimate of drug-likeness (QED) is 0.0740. The monoisotopic (exact) mass is 628 g/mol. The van der Waals surface area contributed by atoms with Gasteiger partial charge in [-0.15, -0.1) is 6.58 Å². The van der Waals surface area contributed by atoms with E-state index in [-0.39, 0.29) is 0 Å². The van der Waals surface area contributed by atoms with Crippen molar-refractivity contribution in [1.29, 1.82) is 0 Å². The molecule has 44 heavy (non-hydrogen) atoms. The molecule has 1 unspecified atom stereocenters. The Morgan fingerprint density at radius 3 is 2.18 bits per heavy atom. The highest BCUT2D eigenvalue weighted by molar-refractivity contribution is 8.12. The van der Waals surface area contributed by atoms with E-state index in [2.05, 4.69) is 76.2 Å². The second-order valence-electron chi connectivity index (χ2n) is 10.9. The summed E-state index contributed by atoms with van der Waals surface area (Å²) in [7, 11) is 2.00. The maximum absolute atomic E-state index is 10.7. The highest BCUT2D eigenvalue weighted by Gasteiger charge is 2.21. The zero-order chi connectivity index (χ0) is 33.9. The van der Waals surface area contributed by atoms with Crippen molar-refractivity contribution in [2.24, 2.45) is 5.92 Å². The molecule has 2 rings (SSSR count). The number of nitrogens with one attached hydrogen (secondary N) is 1. The fourth-order valence-electron chi connectivity index (χ4n) is 4.38. The van der Waals surface area contributed by atoms with Crippen molar-refractivity contribution < 1.29 is 19.4 Å². The molecular weight excluding hydrogens is 568 g/mol. The summed E-state index contributed by atoms with van der Waals surface area (Å²) in [6.07, 6.45) is 18.8. The summed E-state index contributed by atoms with van der Waals surface area (Å²) < 4.78 is 5.75. The first kappa shape index (κ1) is 42.9. The molecule has 1 saturated heterocycles. The molecule has 1 atom stereocenters. The summed E-state index contributed by atoms with van der Waals surface area (Å²) in [5.74, 6) is 1.43. The largest absolute Gasteiger partial charge is 0.494 e. The van der Waals surface area contributed by atoms with Crippen LogP contribution in [0.1, 0.15) is 83.9 Å². The minimum atomic E-state index is -0.829. The Labute approximate surface area is 273 Å². The van der Waals surface area contributed by atoms with Gasteiger partial charge >= 0.3 is 5.30 Å². The molecule has 7 heteroatoms. The number of benzene rings is 1. The van der Waals surface area contributed by atoms with E-state index in [0.29, 0.717) is 12.5 Å². The maximum Gasteiger partial charge on any atom is 0.364 e. The molecule has 0 bridgehead atoms. The number of carbonyl (C=O) groups is 2. The van der Waals surface area contributed by atoms with Crippen molar-refractivity contribution in [2.75, 3.05) is 38.3 Å². The zero-order valence-corrected chi connectivity index (χ0v) is 29.8. The van der Waals surface area contributed by atoms with Gasteiger partial charge in [0.05, 0.1) is 13.2 Å². The fraction of sp³-hybridized carbons (Fsp3) is 0.514. The van der Waals surface area contributed by atoms with Gasteiger partial charge in [0.2, 0.25) is 0 Å². The first-order valence-corrected chi connectivity index (χ1v) is 16.9. The second kappa shape index (κ2) is 27.4. The van der Waals surface area contributed by atoms with Gasteiger partial charge in [-0.25, -0.2) is 4.79 Å². The van der Waals surface area contributed by atoms with Crippen LogP contribution in [0.4, 0.5) is 10.5 Å². The van der Waals surface area contributed by atoms with Gasteiger partial charge in [-0.1, -0.05) is 82.5 Å².